The SMILES string of the molecule is CC(C)(C)C(=O)[PH](=O)Cl. The average Bonchev–Trinajstić information content (AvgIpc) is 1.62. The van der Waals surface area contributed by atoms with Gasteiger partial charge in [0.05, 0.1) is 0 Å². The summed E-state index contributed by atoms with van der Waals surface area (Å²) >= 11 is 5.11. The van der Waals surface area contributed by atoms with Crippen molar-refractivity contribution in [2.75, 3.05) is 0 Å². The van der Waals surface area contributed by atoms with E-state index >= 15 is 0 Å². The molecular formula is C5H10ClO2P. The lowest BCUT2D eigenvalue weighted by atomic mass is 10.00. The fourth-order valence-corrected chi connectivity index (χ4v) is 1.73. The summed E-state index contributed by atoms with van der Waals surface area (Å²) in [4.78, 5) is 10.8. The van der Waals surface area contributed by atoms with Crippen LogP contribution in [0.25, 0.3) is 0 Å². The second kappa shape index (κ2) is 2.85. The lowest BCUT2D eigenvalue weighted by molar-refractivity contribution is -0.118. The Labute approximate surface area is 60.2 Å². The average molecular weight is 169 g/mol. The standard InChI is InChI=1S/C5H10ClO2P/c1-5(2,3)4(7)9(6)8/h9H,1-3H3. The van der Waals surface area contributed by atoms with Crippen LogP contribution in [0.1, 0.15) is 20.8 Å². The van der Waals surface area contributed by atoms with Gasteiger partial charge < -0.3 is 4.57 Å². The highest BCUT2D eigenvalue weighted by Crippen LogP contribution is 2.36. The molecule has 2 nitrogen and oxygen atoms in total. The van der Waals surface area contributed by atoms with E-state index in [0.717, 1.165) is 0 Å². The monoisotopic (exact) mass is 168 g/mol. The highest BCUT2D eigenvalue weighted by atomic mass is 35.7. The van der Waals surface area contributed by atoms with Gasteiger partial charge in [0, 0.05) is 5.41 Å². The topological polar surface area (TPSA) is 34.1 Å². The quantitative estimate of drug-likeness (QED) is 0.563. The van der Waals surface area contributed by atoms with Gasteiger partial charge in [0.15, 0.2) is 0 Å². The molecule has 0 N–H and O–H groups in total. The zero-order valence-electron chi connectivity index (χ0n) is 5.69. The molecule has 4 heteroatoms. The van der Waals surface area contributed by atoms with Crippen molar-refractivity contribution in [1.29, 1.82) is 0 Å². The third-order valence-electron chi connectivity index (χ3n) is 0.860. The lowest BCUT2D eigenvalue weighted by Gasteiger charge is -2.12. The molecule has 0 aliphatic heterocycles. The molecule has 54 valence electrons. The first-order valence-corrected chi connectivity index (χ1v) is 5.02. The maximum Gasteiger partial charge on any atom is 0.220 e. The van der Waals surface area contributed by atoms with Crippen LogP contribution in [-0.2, 0) is 9.36 Å². The van der Waals surface area contributed by atoms with Gasteiger partial charge in [-0.25, -0.2) is 0 Å². The minimum absolute atomic E-state index is 0.353. The summed E-state index contributed by atoms with van der Waals surface area (Å²) in [5, 5.41) is 0. The molecule has 0 saturated heterocycles. The summed E-state index contributed by atoms with van der Waals surface area (Å²) in [6.07, 6.45) is 0. The summed E-state index contributed by atoms with van der Waals surface area (Å²) < 4.78 is 10.4. The summed E-state index contributed by atoms with van der Waals surface area (Å²) in [6, 6.07) is 0. The van der Waals surface area contributed by atoms with Crippen molar-refractivity contribution in [2.45, 2.75) is 20.8 Å². The van der Waals surface area contributed by atoms with Gasteiger partial charge in [-0.3, -0.25) is 4.79 Å². The van der Waals surface area contributed by atoms with Crippen molar-refractivity contribution < 1.29 is 9.36 Å². The molecule has 0 saturated carbocycles. The van der Waals surface area contributed by atoms with Crippen molar-refractivity contribution >= 4 is 23.9 Å². The Bertz CT molecular complexity index is 148. The number of carbonyl (C=O) groups excluding carboxylic acids is 1. The number of halogens is 1. The van der Waals surface area contributed by atoms with E-state index in [0.29, 0.717) is 0 Å². The molecule has 0 rings (SSSR count). The van der Waals surface area contributed by atoms with Crippen LogP contribution >= 0.6 is 18.4 Å². The Morgan fingerprint density at radius 3 is 1.78 bits per heavy atom. The van der Waals surface area contributed by atoms with E-state index < -0.39 is 12.6 Å². The zero-order chi connectivity index (χ0) is 7.65. The molecule has 0 amide bonds. The molecule has 0 bridgehead atoms. The first-order chi connectivity index (χ1) is 3.85. The van der Waals surface area contributed by atoms with E-state index in [9.17, 15) is 9.36 Å². The molecule has 0 radical (unpaired) electrons. The van der Waals surface area contributed by atoms with Crippen LogP contribution in [0.5, 0.6) is 0 Å². The molecular weight excluding hydrogens is 158 g/mol. The predicted octanol–water partition coefficient (Wildman–Crippen LogP) is 2.27. The number of carbonyl (C=O) groups is 1. The molecule has 0 aliphatic carbocycles. The molecule has 0 aromatic rings. The number of hydrogen-bond donors (Lipinski definition) is 0. The third kappa shape index (κ3) is 3.02. The van der Waals surface area contributed by atoms with Gasteiger partial charge in [-0.2, -0.15) is 0 Å². The van der Waals surface area contributed by atoms with E-state index in [4.69, 9.17) is 11.2 Å². The molecule has 1 unspecified atom stereocenters. The van der Waals surface area contributed by atoms with Crippen LogP contribution in [0.15, 0.2) is 0 Å². The highest BCUT2D eigenvalue weighted by molar-refractivity contribution is 7.87. The molecule has 0 heterocycles. The van der Waals surface area contributed by atoms with E-state index in [1.807, 2.05) is 0 Å². The minimum Gasteiger partial charge on any atom is -0.302 e. The fraction of sp³-hybridized carbons (Fsp3) is 0.800. The van der Waals surface area contributed by atoms with Gasteiger partial charge in [0.1, 0.15) is 0 Å². The third-order valence-corrected chi connectivity index (χ3v) is 2.48. The second-order valence-electron chi connectivity index (χ2n) is 2.85. The Morgan fingerprint density at radius 2 is 1.78 bits per heavy atom. The molecule has 0 aromatic carbocycles. The van der Waals surface area contributed by atoms with Crippen LogP contribution in [0.2, 0.25) is 0 Å². The van der Waals surface area contributed by atoms with Gasteiger partial charge in [0.25, 0.3) is 0 Å². The summed E-state index contributed by atoms with van der Waals surface area (Å²) in [5.74, 6) is 0. The molecule has 0 spiro atoms. The number of rotatable bonds is 1. The lowest BCUT2D eigenvalue weighted by Crippen LogP contribution is -2.14. The maximum absolute atomic E-state index is 10.8. The molecule has 0 aromatic heterocycles. The normalized spacial score (nSPS) is 15.1. The van der Waals surface area contributed by atoms with E-state index in [2.05, 4.69) is 0 Å². The van der Waals surface area contributed by atoms with Gasteiger partial charge in [-0.05, 0) is 11.2 Å². The zero-order valence-corrected chi connectivity index (χ0v) is 7.45. The summed E-state index contributed by atoms with van der Waals surface area (Å²) in [5.41, 5.74) is -0.910. The highest BCUT2D eigenvalue weighted by Gasteiger charge is 2.24. The fourth-order valence-electron chi connectivity index (χ4n) is 0.295. The second-order valence-corrected chi connectivity index (χ2v) is 4.88. The van der Waals surface area contributed by atoms with Gasteiger partial charge >= 0.3 is 0 Å². The Balaban J connectivity index is 4.23. The van der Waals surface area contributed by atoms with Crippen molar-refractivity contribution in [1.82, 2.24) is 0 Å². The van der Waals surface area contributed by atoms with Crippen molar-refractivity contribution in [3.63, 3.8) is 0 Å². The smallest absolute Gasteiger partial charge is 0.220 e. The Hall–Kier alpha value is 0.190. The van der Waals surface area contributed by atoms with Crippen LogP contribution in [0.4, 0.5) is 0 Å². The minimum atomic E-state index is -2.49. The molecule has 0 aliphatic rings. The van der Waals surface area contributed by atoms with Crippen molar-refractivity contribution in [3.8, 4) is 0 Å². The van der Waals surface area contributed by atoms with E-state index in [1.54, 1.807) is 20.8 Å². The first kappa shape index (κ1) is 9.19. The predicted molar refractivity (Wildman–Crippen MR) is 39.3 cm³/mol. The van der Waals surface area contributed by atoms with Crippen LogP contribution in [-0.4, -0.2) is 5.52 Å². The molecule has 9 heavy (non-hydrogen) atoms. The van der Waals surface area contributed by atoms with Gasteiger partial charge in [-0.1, -0.05) is 20.8 Å². The molecule has 0 fully saturated rings. The van der Waals surface area contributed by atoms with Gasteiger partial charge in [0.2, 0.25) is 12.7 Å². The number of hydrogen-bond acceptors (Lipinski definition) is 2. The Kier molecular flexibility index (Phi) is 2.91. The van der Waals surface area contributed by atoms with Crippen molar-refractivity contribution in [2.24, 2.45) is 5.41 Å². The van der Waals surface area contributed by atoms with Crippen LogP contribution in [0.3, 0.4) is 0 Å². The maximum atomic E-state index is 10.8. The largest absolute Gasteiger partial charge is 0.302 e. The first-order valence-electron chi connectivity index (χ1n) is 2.60. The van der Waals surface area contributed by atoms with Gasteiger partial charge in [-0.15, -0.1) is 0 Å². The van der Waals surface area contributed by atoms with E-state index in [1.165, 1.54) is 0 Å². The Morgan fingerprint density at radius 1 is 1.44 bits per heavy atom. The van der Waals surface area contributed by atoms with Crippen molar-refractivity contribution in [3.05, 3.63) is 0 Å². The molecule has 1 atom stereocenters. The van der Waals surface area contributed by atoms with Crippen LogP contribution < -0.4 is 0 Å². The van der Waals surface area contributed by atoms with E-state index in [-0.39, 0.29) is 5.52 Å². The summed E-state index contributed by atoms with van der Waals surface area (Å²) in [6.45, 7) is 5.08. The van der Waals surface area contributed by atoms with Crippen LogP contribution in [0, 0.1) is 5.41 Å². The summed E-state index contributed by atoms with van der Waals surface area (Å²) in [7, 11) is -2.49.